The van der Waals surface area contributed by atoms with Crippen molar-refractivity contribution < 1.29 is 17.9 Å². The lowest BCUT2D eigenvalue weighted by Crippen LogP contribution is -2.50. The normalized spacial score (nSPS) is 20.3. The van der Waals surface area contributed by atoms with Gasteiger partial charge in [0.1, 0.15) is 18.6 Å². The van der Waals surface area contributed by atoms with Crippen LogP contribution in [0.2, 0.25) is 0 Å². The molecule has 0 amide bonds. The van der Waals surface area contributed by atoms with E-state index in [0.717, 1.165) is 13.1 Å². The maximum atomic E-state index is 13.4. The number of nitrogens with zero attached hydrogens (tertiary/aromatic N) is 4. The summed E-state index contributed by atoms with van der Waals surface area (Å²) in [6, 6.07) is 3.11. The highest BCUT2D eigenvalue weighted by Crippen LogP contribution is 2.34. The average Bonchev–Trinajstić information content (AvgIpc) is 3.09. The molecule has 3 heterocycles. The fourth-order valence-electron chi connectivity index (χ4n) is 3.10. The summed E-state index contributed by atoms with van der Waals surface area (Å²) < 4.78 is 46.7. The summed E-state index contributed by atoms with van der Waals surface area (Å²) in [4.78, 5) is 8.75. The molecule has 10 heteroatoms. The minimum Gasteiger partial charge on any atom is -0.471 e. The second kappa shape index (κ2) is 7.34. The Morgan fingerprint density at radius 1 is 1.26 bits per heavy atom. The molecule has 0 radical (unpaired) electrons. The SMILES string of the molecule is FCc1ccn(-c2nc(NC3CCC(F)(F)CC3)cc(OC3CNC3)n2)n1. The topological polar surface area (TPSA) is 76.9 Å². The van der Waals surface area contributed by atoms with Crippen LogP contribution in [0.3, 0.4) is 0 Å². The number of anilines is 1. The van der Waals surface area contributed by atoms with Crippen molar-refractivity contribution in [3.8, 4) is 11.8 Å². The fourth-order valence-corrected chi connectivity index (χ4v) is 3.10. The summed E-state index contributed by atoms with van der Waals surface area (Å²) in [7, 11) is 0. The number of nitrogens with one attached hydrogen (secondary N) is 2. The lowest BCUT2D eigenvalue weighted by Gasteiger charge is -2.30. The molecule has 1 aliphatic heterocycles. The van der Waals surface area contributed by atoms with Crippen molar-refractivity contribution in [3.05, 3.63) is 24.0 Å². The third-order valence-corrected chi connectivity index (χ3v) is 4.78. The van der Waals surface area contributed by atoms with Gasteiger partial charge < -0.3 is 15.4 Å². The fraction of sp³-hybridized carbons (Fsp3) is 0.588. The third-order valence-electron chi connectivity index (χ3n) is 4.78. The van der Waals surface area contributed by atoms with Gasteiger partial charge in [-0.25, -0.2) is 17.9 Å². The van der Waals surface area contributed by atoms with Gasteiger partial charge in [-0.15, -0.1) is 0 Å². The summed E-state index contributed by atoms with van der Waals surface area (Å²) in [6.45, 7) is 0.777. The lowest BCUT2D eigenvalue weighted by atomic mass is 9.92. The molecule has 7 nitrogen and oxygen atoms in total. The smallest absolute Gasteiger partial charge is 0.255 e. The highest BCUT2D eigenvalue weighted by molar-refractivity contribution is 5.42. The van der Waals surface area contributed by atoms with E-state index >= 15 is 0 Å². The Morgan fingerprint density at radius 3 is 2.67 bits per heavy atom. The second-order valence-corrected chi connectivity index (χ2v) is 6.95. The Bertz CT molecular complexity index is 785. The third kappa shape index (κ3) is 4.32. The van der Waals surface area contributed by atoms with Crippen LogP contribution >= 0.6 is 0 Å². The molecule has 1 aliphatic carbocycles. The van der Waals surface area contributed by atoms with Crippen LogP contribution in [0, 0.1) is 0 Å². The second-order valence-electron chi connectivity index (χ2n) is 6.95. The Kier molecular flexibility index (Phi) is 4.90. The Balaban J connectivity index is 1.55. The molecule has 0 atom stereocenters. The summed E-state index contributed by atoms with van der Waals surface area (Å²) in [5, 5.41) is 10.4. The summed E-state index contributed by atoms with van der Waals surface area (Å²) in [5.74, 6) is -1.50. The van der Waals surface area contributed by atoms with Gasteiger partial charge in [0.05, 0.1) is 5.69 Å². The number of ether oxygens (including phenoxy) is 1. The molecule has 0 spiro atoms. The maximum absolute atomic E-state index is 13.4. The van der Waals surface area contributed by atoms with E-state index in [2.05, 4.69) is 25.7 Å². The van der Waals surface area contributed by atoms with Crippen molar-refractivity contribution in [1.29, 1.82) is 0 Å². The standard InChI is InChI=1S/C17H21F3N6O/c18-8-12-3-6-26(25-12)16-23-14(7-15(24-16)27-13-9-21-10-13)22-11-1-4-17(19,20)5-2-11/h3,6-7,11,13,21H,1-2,4-5,8-10H2,(H,22,23,24). The molecule has 2 fully saturated rings. The van der Waals surface area contributed by atoms with E-state index in [1.165, 1.54) is 4.68 Å². The van der Waals surface area contributed by atoms with Crippen molar-refractivity contribution in [2.75, 3.05) is 18.4 Å². The number of aromatic nitrogens is 4. The van der Waals surface area contributed by atoms with Gasteiger partial charge in [0.25, 0.3) is 5.95 Å². The summed E-state index contributed by atoms with van der Waals surface area (Å²) >= 11 is 0. The van der Waals surface area contributed by atoms with E-state index in [4.69, 9.17) is 4.74 Å². The number of halogens is 3. The molecule has 2 aromatic heterocycles. The van der Waals surface area contributed by atoms with Gasteiger partial charge in [0, 0.05) is 44.2 Å². The van der Waals surface area contributed by atoms with Crippen LogP contribution in [0.15, 0.2) is 18.3 Å². The van der Waals surface area contributed by atoms with Crippen LogP contribution in [-0.2, 0) is 6.67 Å². The zero-order chi connectivity index (χ0) is 18.9. The molecule has 2 N–H and O–H groups in total. The van der Waals surface area contributed by atoms with Gasteiger partial charge in [-0.3, -0.25) is 0 Å². The molecule has 2 aliphatic rings. The van der Waals surface area contributed by atoms with Gasteiger partial charge >= 0.3 is 0 Å². The molecular formula is C17H21F3N6O. The Morgan fingerprint density at radius 2 is 2.04 bits per heavy atom. The van der Waals surface area contributed by atoms with Crippen LogP contribution < -0.4 is 15.4 Å². The molecule has 0 aromatic carbocycles. The highest BCUT2D eigenvalue weighted by Gasteiger charge is 2.35. The number of rotatable bonds is 6. The first kappa shape index (κ1) is 18.0. The van der Waals surface area contributed by atoms with Crippen molar-refractivity contribution in [3.63, 3.8) is 0 Å². The van der Waals surface area contributed by atoms with Gasteiger partial charge in [0.15, 0.2) is 0 Å². The molecular weight excluding hydrogens is 361 g/mol. The average molecular weight is 382 g/mol. The zero-order valence-electron chi connectivity index (χ0n) is 14.7. The first-order valence-electron chi connectivity index (χ1n) is 9.02. The van der Waals surface area contributed by atoms with E-state index < -0.39 is 12.6 Å². The van der Waals surface area contributed by atoms with E-state index in [0.29, 0.717) is 24.5 Å². The van der Waals surface area contributed by atoms with Gasteiger partial charge in [-0.1, -0.05) is 0 Å². The van der Waals surface area contributed by atoms with Crippen molar-refractivity contribution >= 4 is 5.82 Å². The van der Waals surface area contributed by atoms with Crippen LogP contribution in [0.4, 0.5) is 19.0 Å². The minimum atomic E-state index is -2.58. The first-order chi connectivity index (χ1) is 13.0. The quantitative estimate of drug-likeness (QED) is 0.799. The highest BCUT2D eigenvalue weighted by atomic mass is 19.3. The number of hydrogen-bond donors (Lipinski definition) is 2. The first-order valence-corrected chi connectivity index (χ1v) is 9.02. The molecule has 0 bridgehead atoms. The predicted octanol–water partition coefficient (Wildman–Crippen LogP) is 2.47. The molecule has 1 saturated carbocycles. The van der Waals surface area contributed by atoms with Crippen molar-refractivity contribution in [1.82, 2.24) is 25.1 Å². The van der Waals surface area contributed by atoms with E-state index in [-0.39, 0.29) is 36.6 Å². The number of hydrogen-bond acceptors (Lipinski definition) is 6. The predicted molar refractivity (Wildman–Crippen MR) is 92.1 cm³/mol. The minimum absolute atomic E-state index is 0.0213. The molecule has 0 unspecified atom stereocenters. The Hall–Kier alpha value is -2.36. The van der Waals surface area contributed by atoms with E-state index in [9.17, 15) is 13.2 Å². The number of alkyl halides is 3. The van der Waals surface area contributed by atoms with Crippen LogP contribution in [-0.4, -0.2) is 50.9 Å². The molecule has 27 heavy (non-hydrogen) atoms. The van der Waals surface area contributed by atoms with Gasteiger partial charge in [0.2, 0.25) is 11.8 Å². The largest absolute Gasteiger partial charge is 0.471 e. The molecule has 4 rings (SSSR count). The van der Waals surface area contributed by atoms with Crippen LogP contribution in [0.5, 0.6) is 5.88 Å². The van der Waals surface area contributed by atoms with Crippen molar-refractivity contribution in [2.45, 2.75) is 50.4 Å². The van der Waals surface area contributed by atoms with Crippen molar-refractivity contribution in [2.24, 2.45) is 0 Å². The monoisotopic (exact) mass is 382 g/mol. The van der Waals surface area contributed by atoms with E-state index in [1.54, 1.807) is 18.3 Å². The van der Waals surface area contributed by atoms with Crippen LogP contribution in [0.25, 0.3) is 5.95 Å². The summed E-state index contributed by atoms with van der Waals surface area (Å²) in [6.07, 6.45) is 2.04. The lowest BCUT2D eigenvalue weighted by molar-refractivity contribution is -0.0361. The molecule has 1 saturated heterocycles. The van der Waals surface area contributed by atoms with Crippen LogP contribution in [0.1, 0.15) is 31.4 Å². The van der Waals surface area contributed by atoms with Gasteiger partial charge in [-0.05, 0) is 18.9 Å². The van der Waals surface area contributed by atoms with Gasteiger partial charge in [-0.2, -0.15) is 15.1 Å². The molecule has 146 valence electrons. The molecule has 2 aromatic rings. The summed E-state index contributed by atoms with van der Waals surface area (Å²) in [5.41, 5.74) is 0.275. The van der Waals surface area contributed by atoms with E-state index in [1.807, 2.05) is 0 Å². The Labute approximate surface area is 154 Å². The maximum Gasteiger partial charge on any atom is 0.255 e. The zero-order valence-corrected chi connectivity index (χ0v) is 14.7.